The third-order valence-electron chi connectivity index (χ3n) is 2.33. The molecule has 1 atom stereocenters. The first-order valence-electron chi connectivity index (χ1n) is 4.99. The molecule has 2 N–H and O–H groups in total. The predicted octanol–water partition coefficient (Wildman–Crippen LogP) is 1.92. The molecule has 5 nitrogen and oxygen atoms in total. The van der Waals surface area contributed by atoms with Gasteiger partial charge < -0.3 is 10.1 Å². The molecule has 0 aromatic carbocycles. The van der Waals surface area contributed by atoms with Crippen molar-refractivity contribution in [1.82, 2.24) is 9.97 Å². The first-order chi connectivity index (χ1) is 8.29. The third kappa shape index (κ3) is 2.59. The first-order valence-corrected chi connectivity index (χ1v) is 8.07. The number of aryl methyl sites for hydroxylation is 1. The summed E-state index contributed by atoms with van der Waals surface area (Å²) in [5.74, 6) is 0.200. The average molecular weight is 307 g/mol. The molecular weight excluding hydrogens is 296 g/mol. The summed E-state index contributed by atoms with van der Waals surface area (Å²) in [7, 11) is -3.40. The number of sulfone groups is 1. The number of rotatable bonds is 3. The number of hydrogen-bond donors (Lipinski definition) is 2. The predicted molar refractivity (Wildman–Crippen MR) is 69.8 cm³/mol. The molecule has 98 valence electrons. The van der Waals surface area contributed by atoms with E-state index in [1.54, 1.807) is 19.1 Å². The van der Waals surface area contributed by atoms with Crippen molar-refractivity contribution in [2.45, 2.75) is 18.1 Å². The van der Waals surface area contributed by atoms with Crippen LogP contribution in [0.25, 0.3) is 0 Å². The number of aromatic nitrogens is 2. The molecule has 2 aromatic heterocycles. The third-order valence-corrected chi connectivity index (χ3v) is 4.72. The van der Waals surface area contributed by atoms with Gasteiger partial charge in [0.15, 0.2) is 14.9 Å². The molecule has 2 rings (SSSR count). The smallest absolute Gasteiger partial charge is 0.194 e. The highest BCUT2D eigenvalue weighted by Crippen LogP contribution is 2.30. The van der Waals surface area contributed by atoms with E-state index in [-0.39, 0.29) is 10.9 Å². The molecular formula is C10H11ClN2O3S2. The first kappa shape index (κ1) is 13.5. The number of halogens is 1. The molecule has 0 radical (unpaired) electrons. The van der Waals surface area contributed by atoms with Crippen LogP contribution in [0, 0.1) is 6.92 Å². The summed E-state index contributed by atoms with van der Waals surface area (Å²) in [4.78, 5) is 7.32. The maximum absolute atomic E-state index is 11.4. The molecule has 0 saturated carbocycles. The van der Waals surface area contributed by atoms with Crippen molar-refractivity contribution in [3.63, 3.8) is 0 Å². The zero-order valence-electron chi connectivity index (χ0n) is 9.64. The SMILES string of the molecule is Cc1[nH]c(C(O)c2ccc(Cl)s2)nc1S(C)(=O)=O. The Labute approximate surface area is 113 Å². The molecule has 2 aromatic rings. The second-order valence-corrected chi connectivity index (χ2v) is 7.55. The van der Waals surface area contributed by atoms with E-state index >= 15 is 0 Å². The summed E-state index contributed by atoms with van der Waals surface area (Å²) < 4.78 is 23.4. The van der Waals surface area contributed by atoms with Crippen LogP contribution in [-0.4, -0.2) is 29.7 Å². The number of imidazole rings is 1. The highest BCUT2D eigenvalue weighted by atomic mass is 35.5. The Balaban J connectivity index is 2.41. The van der Waals surface area contributed by atoms with Gasteiger partial charge in [-0.15, -0.1) is 11.3 Å². The fraction of sp³-hybridized carbons (Fsp3) is 0.300. The number of thiophene rings is 1. The Morgan fingerprint density at radius 1 is 1.50 bits per heavy atom. The molecule has 0 fully saturated rings. The zero-order valence-corrected chi connectivity index (χ0v) is 12.0. The molecule has 0 aliphatic rings. The fourth-order valence-electron chi connectivity index (χ4n) is 1.57. The van der Waals surface area contributed by atoms with Gasteiger partial charge in [-0.25, -0.2) is 13.4 Å². The lowest BCUT2D eigenvalue weighted by Crippen LogP contribution is -2.02. The van der Waals surface area contributed by atoms with Gasteiger partial charge in [0.25, 0.3) is 0 Å². The van der Waals surface area contributed by atoms with Gasteiger partial charge in [0.1, 0.15) is 11.9 Å². The van der Waals surface area contributed by atoms with Crippen molar-refractivity contribution in [2.75, 3.05) is 6.26 Å². The molecule has 0 bridgehead atoms. The Hall–Kier alpha value is -0.890. The van der Waals surface area contributed by atoms with Gasteiger partial charge in [-0.2, -0.15) is 0 Å². The Morgan fingerprint density at radius 3 is 2.61 bits per heavy atom. The highest BCUT2D eigenvalue weighted by molar-refractivity contribution is 7.90. The topological polar surface area (TPSA) is 83.0 Å². The number of nitrogens with zero attached hydrogens (tertiary/aromatic N) is 1. The van der Waals surface area contributed by atoms with Crippen LogP contribution in [0.2, 0.25) is 4.34 Å². The number of hydrogen-bond acceptors (Lipinski definition) is 5. The number of nitrogens with one attached hydrogen (secondary N) is 1. The minimum Gasteiger partial charge on any atom is -0.380 e. The van der Waals surface area contributed by atoms with Crippen LogP contribution in [0.4, 0.5) is 0 Å². The van der Waals surface area contributed by atoms with E-state index in [2.05, 4.69) is 9.97 Å². The van der Waals surface area contributed by atoms with Crippen LogP contribution < -0.4 is 0 Å². The summed E-state index contributed by atoms with van der Waals surface area (Å²) in [6.07, 6.45) is 0.0747. The van der Waals surface area contributed by atoms with Crippen LogP contribution in [0.5, 0.6) is 0 Å². The van der Waals surface area contributed by atoms with E-state index in [4.69, 9.17) is 11.6 Å². The molecule has 0 saturated heterocycles. The van der Waals surface area contributed by atoms with Crippen molar-refractivity contribution < 1.29 is 13.5 Å². The molecule has 0 aliphatic carbocycles. The summed E-state index contributed by atoms with van der Waals surface area (Å²) in [5, 5.41) is 10.0. The van der Waals surface area contributed by atoms with E-state index in [9.17, 15) is 13.5 Å². The standard InChI is InChI=1S/C10H11ClN2O3S2/c1-5-10(18(2,15)16)13-9(12-5)8(14)6-3-4-7(11)17-6/h3-4,8,14H,1-2H3,(H,12,13). The second kappa shape index (κ2) is 4.65. The van der Waals surface area contributed by atoms with Gasteiger partial charge in [-0.1, -0.05) is 11.6 Å². The van der Waals surface area contributed by atoms with Crippen LogP contribution in [0.15, 0.2) is 17.2 Å². The number of H-pyrrole nitrogens is 1. The Kier molecular flexibility index (Phi) is 3.50. The number of aliphatic hydroxyl groups is 1. The summed E-state index contributed by atoms with van der Waals surface area (Å²) in [5.41, 5.74) is 0.411. The minimum absolute atomic E-state index is 0.0424. The monoisotopic (exact) mass is 306 g/mol. The normalized spacial score (nSPS) is 13.8. The number of aromatic amines is 1. The van der Waals surface area contributed by atoms with Gasteiger partial charge >= 0.3 is 0 Å². The van der Waals surface area contributed by atoms with Gasteiger partial charge in [-0.05, 0) is 19.1 Å². The van der Waals surface area contributed by atoms with Gasteiger partial charge in [0.05, 0.1) is 10.0 Å². The Bertz CT molecular complexity index is 675. The van der Waals surface area contributed by atoms with Crippen molar-refractivity contribution in [1.29, 1.82) is 0 Å². The van der Waals surface area contributed by atoms with Crippen LogP contribution in [-0.2, 0) is 9.84 Å². The second-order valence-electron chi connectivity index (χ2n) is 3.87. The van der Waals surface area contributed by atoms with Gasteiger partial charge in [0, 0.05) is 11.1 Å². The summed E-state index contributed by atoms with van der Waals surface area (Å²) in [6.45, 7) is 1.60. The minimum atomic E-state index is -3.40. The largest absolute Gasteiger partial charge is 0.380 e. The van der Waals surface area contributed by atoms with E-state index < -0.39 is 15.9 Å². The summed E-state index contributed by atoms with van der Waals surface area (Å²) >= 11 is 7.00. The van der Waals surface area contributed by atoms with Crippen molar-refractivity contribution >= 4 is 32.8 Å². The molecule has 18 heavy (non-hydrogen) atoms. The zero-order chi connectivity index (χ0) is 13.5. The van der Waals surface area contributed by atoms with E-state index in [0.29, 0.717) is 14.9 Å². The summed E-state index contributed by atoms with van der Waals surface area (Å²) in [6, 6.07) is 3.34. The Morgan fingerprint density at radius 2 is 2.17 bits per heavy atom. The maximum atomic E-state index is 11.4. The fourth-order valence-corrected chi connectivity index (χ4v) is 3.49. The quantitative estimate of drug-likeness (QED) is 0.907. The lowest BCUT2D eigenvalue weighted by atomic mass is 10.3. The lowest BCUT2D eigenvalue weighted by Gasteiger charge is -2.03. The van der Waals surface area contributed by atoms with E-state index in [1.807, 2.05) is 0 Å². The molecule has 0 spiro atoms. The number of aliphatic hydroxyl groups excluding tert-OH is 1. The molecule has 0 amide bonds. The van der Waals surface area contributed by atoms with Crippen molar-refractivity contribution in [2.24, 2.45) is 0 Å². The molecule has 8 heteroatoms. The van der Waals surface area contributed by atoms with E-state index in [0.717, 1.165) is 6.26 Å². The van der Waals surface area contributed by atoms with Crippen LogP contribution >= 0.6 is 22.9 Å². The molecule has 2 heterocycles. The van der Waals surface area contributed by atoms with E-state index in [1.165, 1.54) is 11.3 Å². The average Bonchev–Trinajstić information content (AvgIpc) is 2.82. The van der Waals surface area contributed by atoms with Gasteiger partial charge in [-0.3, -0.25) is 0 Å². The van der Waals surface area contributed by atoms with Crippen molar-refractivity contribution in [3.8, 4) is 0 Å². The van der Waals surface area contributed by atoms with Crippen molar-refractivity contribution in [3.05, 3.63) is 32.9 Å². The highest BCUT2D eigenvalue weighted by Gasteiger charge is 2.22. The molecule has 1 unspecified atom stereocenters. The molecule has 0 aliphatic heterocycles. The van der Waals surface area contributed by atoms with Crippen LogP contribution in [0.1, 0.15) is 22.5 Å². The lowest BCUT2D eigenvalue weighted by molar-refractivity contribution is 0.214. The van der Waals surface area contributed by atoms with Crippen LogP contribution in [0.3, 0.4) is 0 Å². The maximum Gasteiger partial charge on any atom is 0.194 e. The van der Waals surface area contributed by atoms with Gasteiger partial charge in [0.2, 0.25) is 0 Å².